The number of nitrogens with zero attached hydrogens (tertiary/aromatic N) is 1. The first kappa shape index (κ1) is 20.3. The Morgan fingerprint density at radius 3 is 2.63 bits per heavy atom. The highest BCUT2D eigenvalue weighted by molar-refractivity contribution is 7.89. The molecule has 2 aliphatic rings. The van der Waals surface area contributed by atoms with Crippen LogP contribution >= 0.6 is 0 Å². The van der Waals surface area contributed by atoms with Crippen molar-refractivity contribution in [3.63, 3.8) is 0 Å². The van der Waals surface area contributed by atoms with Crippen molar-refractivity contribution >= 4 is 15.9 Å². The first-order valence-corrected chi connectivity index (χ1v) is 11.7. The van der Waals surface area contributed by atoms with Gasteiger partial charge in [-0.3, -0.25) is 4.79 Å². The summed E-state index contributed by atoms with van der Waals surface area (Å²) in [5.41, 5.74) is 1.13. The largest absolute Gasteiger partial charge is 0.338 e. The Kier molecular flexibility index (Phi) is 6.26. The topological polar surface area (TPSA) is 66.5 Å². The van der Waals surface area contributed by atoms with E-state index in [1.807, 2.05) is 18.7 Å². The van der Waals surface area contributed by atoms with E-state index in [0.717, 1.165) is 25.4 Å². The maximum atomic E-state index is 13.1. The highest BCUT2D eigenvalue weighted by atomic mass is 32.2. The Morgan fingerprint density at radius 1 is 1.22 bits per heavy atom. The van der Waals surface area contributed by atoms with Gasteiger partial charge < -0.3 is 4.90 Å². The van der Waals surface area contributed by atoms with Crippen molar-refractivity contribution in [3.05, 3.63) is 29.3 Å². The number of amides is 1. The lowest BCUT2D eigenvalue weighted by Gasteiger charge is -2.41. The van der Waals surface area contributed by atoms with Crippen molar-refractivity contribution in [1.29, 1.82) is 0 Å². The summed E-state index contributed by atoms with van der Waals surface area (Å²) in [5, 5.41) is 0. The molecule has 5 nitrogen and oxygen atoms in total. The Morgan fingerprint density at radius 2 is 1.93 bits per heavy atom. The van der Waals surface area contributed by atoms with E-state index in [0.29, 0.717) is 23.5 Å². The summed E-state index contributed by atoms with van der Waals surface area (Å²) in [4.78, 5) is 15.2. The molecule has 27 heavy (non-hydrogen) atoms. The van der Waals surface area contributed by atoms with Crippen molar-refractivity contribution in [1.82, 2.24) is 9.62 Å². The quantitative estimate of drug-likeness (QED) is 0.830. The highest BCUT2D eigenvalue weighted by Crippen LogP contribution is 2.36. The normalized spacial score (nSPS) is 24.3. The van der Waals surface area contributed by atoms with Crippen molar-refractivity contribution in [3.8, 4) is 0 Å². The molecule has 1 aromatic rings. The van der Waals surface area contributed by atoms with Gasteiger partial charge in [-0.15, -0.1) is 0 Å². The molecule has 150 valence electrons. The number of fused-ring (bicyclic) bond motifs is 1. The molecule has 1 N–H and O–H groups in total. The number of carbonyl (C=O) groups excluding carboxylic acids is 1. The molecule has 0 bridgehead atoms. The Hall–Kier alpha value is -1.40. The van der Waals surface area contributed by atoms with Gasteiger partial charge in [0.05, 0.1) is 4.90 Å². The molecule has 6 heteroatoms. The van der Waals surface area contributed by atoms with E-state index in [-0.39, 0.29) is 16.8 Å². The Bertz CT molecular complexity index is 791. The summed E-state index contributed by atoms with van der Waals surface area (Å²) in [5.74, 6) is 1.33. The van der Waals surface area contributed by atoms with E-state index >= 15 is 0 Å². The third-order valence-corrected chi connectivity index (χ3v) is 8.00. The monoisotopic (exact) mass is 392 g/mol. The molecule has 0 aromatic heterocycles. The number of benzene rings is 1. The summed E-state index contributed by atoms with van der Waals surface area (Å²) in [6.07, 6.45) is 6.87. The number of sulfonamides is 1. The number of likely N-dealkylation sites (tertiary alicyclic amines) is 1. The second kappa shape index (κ2) is 8.31. The molecule has 1 heterocycles. The molecule has 3 rings (SSSR count). The number of nitrogens with one attached hydrogen (secondary N) is 1. The van der Waals surface area contributed by atoms with Gasteiger partial charge >= 0.3 is 0 Å². The lowest BCUT2D eigenvalue weighted by molar-refractivity contribution is 0.0520. The van der Waals surface area contributed by atoms with Crippen LogP contribution in [0.4, 0.5) is 0 Å². The zero-order chi connectivity index (χ0) is 19.6. The summed E-state index contributed by atoms with van der Waals surface area (Å²) >= 11 is 0. The second-order valence-corrected chi connectivity index (χ2v) is 9.94. The van der Waals surface area contributed by atoms with Crippen LogP contribution in [-0.2, 0) is 10.0 Å². The van der Waals surface area contributed by atoms with E-state index in [9.17, 15) is 13.2 Å². The number of aryl methyl sites for hydroxylation is 1. The second-order valence-electron chi connectivity index (χ2n) is 8.26. The van der Waals surface area contributed by atoms with E-state index in [4.69, 9.17) is 0 Å². The van der Waals surface area contributed by atoms with Crippen molar-refractivity contribution in [2.24, 2.45) is 11.8 Å². The number of piperidine rings is 1. The lowest BCUT2D eigenvalue weighted by Crippen LogP contribution is -2.44. The highest BCUT2D eigenvalue weighted by Gasteiger charge is 2.33. The van der Waals surface area contributed by atoms with E-state index in [2.05, 4.69) is 4.72 Å². The van der Waals surface area contributed by atoms with Gasteiger partial charge in [0.15, 0.2) is 0 Å². The van der Waals surface area contributed by atoms with E-state index in [1.54, 1.807) is 25.1 Å². The zero-order valence-corrected chi connectivity index (χ0v) is 17.5. The van der Waals surface area contributed by atoms with Gasteiger partial charge in [-0.25, -0.2) is 13.1 Å². The van der Waals surface area contributed by atoms with Gasteiger partial charge in [0, 0.05) is 24.7 Å². The molecule has 1 saturated heterocycles. The minimum atomic E-state index is -3.63. The molecular weight excluding hydrogens is 360 g/mol. The molecule has 0 spiro atoms. The third-order valence-electron chi connectivity index (χ3n) is 6.27. The van der Waals surface area contributed by atoms with Crippen LogP contribution in [-0.4, -0.2) is 38.4 Å². The third kappa shape index (κ3) is 4.54. The average molecular weight is 393 g/mol. The van der Waals surface area contributed by atoms with Gasteiger partial charge in [0.2, 0.25) is 10.0 Å². The number of carbonyl (C=O) groups is 1. The molecule has 0 radical (unpaired) electrons. The molecular formula is C21H32N2O3S. The molecule has 2 fully saturated rings. The smallest absolute Gasteiger partial charge is 0.253 e. The van der Waals surface area contributed by atoms with E-state index in [1.165, 1.54) is 25.7 Å². The van der Waals surface area contributed by atoms with Crippen LogP contribution in [0.25, 0.3) is 0 Å². The molecule has 1 aromatic carbocycles. The maximum absolute atomic E-state index is 13.1. The lowest BCUT2D eigenvalue weighted by atomic mass is 9.75. The minimum absolute atomic E-state index is 0.0426. The van der Waals surface area contributed by atoms with Crippen molar-refractivity contribution in [2.75, 3.05) is 13.1 Å². The molecule has 1 aliphatic heterocycles. The van der Waals surface area contributed by atoms with E-state index < -0.39 is 10.0 Å². The first-order chi connectivity index (χ1) is 12.8. The zero-order valence-electron chi connectivity index (χ0n) is 16.7. The van der Waals surface area contributed by atoms with Crippen LogP contribution in [0.5, 0.6) is 0 Å². The number of hydrogen-bond donors (Lipinski definition) is 1. The van der Waals surface area contributed by atoms with Crippen LogP contribution in [0.15, 0.2) is 23.1 Å². The van der Waals surface area contributed by atoms with Gasteiger partial charge in [-0.2, -0.15) is 0 Å². The predicted molar refractivity (Wildman–Crippen MR) is 107 cm³/mol. The average Bonchev–Trinajstić information content (AvgIpc) is 2.66. The minimum Gasteiger partial charge on any atom is -0.338 e. The first-order valence-electron chi connectivity index (χ1n) is 10.2. The number of rotatable bonds is 5. The number of hydrogen-bond acceptors (Lipinski definition) is 3. The van der Waals surface area contributed by atoms with Crippen LogP contribution < -0.4 is 4.72 Å². The van der Waals surface area contributed by atoms with Gasteiger partial charge in [0.1, 0.15) is 0 Å². The summed E-state index contributed by atoms with van der Waals surface area (Å²) in [6, 6.07) is 4.91. The van der Waals surface area contributed by atoms with Crippen molar-refractivity contribution < 1.29 is 13.2 Å². The van der Waals surface area contributed by atoms with Crippen LogP contribution in [0.3, 0.4) is 0 Å². The summed E-state index contributed by atoms with van der Waals surface area (Å²) in [6.45, 7) is 7.14. The fourth-order valence-corrected chi connectivity index (χ4v) is 6.00. The molecule has 3 atom stereocenters. The van der Waals surface area contributed by atoms with Crippen LogP contribution in [0.1, 0.15) is 68.3 Å². The van der Waals surface area contributed by atoms with Gasteiger partial charge in [-0.1, -0.05) is 32.3 Å². The molecule has 1 amide bonds. The fourth-order valence-electron chi connectivity index (χ4n) is 4.40. The molecule has 3 unspecified atom stereocenters. The van der Waals surface area contributed by atoms with Gasteiger partial charge in [0.25, 0.3) is 5.91 Å². The standard InChI is InChI=1S/C21H32N2O3S/c1-4-16(3)22-27(25,26)20-13-18(10-9-15(20)2)21(24)23-12-11-17-7-5-6-8-19(17)14-23/h9-10,13,16-17,19,22H,4-8,11-12,14H2,1-3H3. The van der Waals surface area contributed by atoms with Crippen molar-refractivity contribution in [2.45, 2.75) is 70.2 Å². The Labute approximate surface area is 163 Å². The SMILES string of the molecule is CCC(C)NS(=O)(=O)c1cc(C(=O)N2CCC3CCCCC3C2)ccc1C. The summed E-state index contributed by atoms with van der Waals surface area (Å²) < 4.78 is 28.1. The fraction of sp³-hybridized carbons (Fsp3) is 0.667. The van der Waals surface area contributed by atoms with Gasteiger partial charge in [-0.05, 0) is 62.6 Å². The Balaban J connectivity index is 1.80. The van der Waals surface area contributed by atoms with Crippen LogP contribution in [0.2, 0.25) is 0 Å². The molecule has 1 saturated carbocycles. The predicted octanol–water partition coefficient (Wildman–Crippen LogP) is 3.72. The summed E-state index contributed by atoms with van der Waals surface area (Å²) in [7, 11) is -3.63. The van der Waals surface area contributed by atoms with Crippen LogP contribution in [0, 0.1) is 18.8 Å². The molecule has 1 aliphatic carbocycles. The maximum Gasteiger partial charge on any atom is 0.253 e.